The van der Waals surface area contributed by atoms with Crippen LogP contribution in [0.5, 0.6) is 17.2 Å². The maximum atomic E-state index is 12.2. The summed E-state index contributed by atoms with van der Waals surface area (Å²) in [6.07, 6.45) is 0. The number of urea groups is 1. The van der Waals surface area contributed by atoms with E-state index < -0.39 is 11.9 Å². The lowest BCUT2D eigenvalue weighted by Gasteiger charge is -2.15. The van der Waals surface area contributed by atoms with Gasteiger partial charge in [-0.3, -0.25) is 10.0 Å². The molecule has 132 valence electrons. The Morgan fingerprint density at radius 2 is 1.80 bits per heavy atom. The number of amides is 3. The molecule has 0 atom stereocenters. The minimum atomic E-state index is -0.726. The van der Waals surface area contributed by atoms with Gasteiger partial charge in [0.25, 0.3) is 5.91 Å². The molecule has 0 aromatic heterocycles. The van der Waals surface area contributed by atoms with Crippen LogP contribution >= 0.6 is 0 Å². The minimum absolute atomic E-state index is 0.0413. The van der Waals surface area contributed by atoms with E-state index >= 15 is 0 Å². The molecule has 0 spiro atoms. The van der Waals surface area contributed by atoms with Crippen molar-refractivity contribution in [3.05, 3.63) is 54.1 Å². The summed E-state index contributed by atoms with van der Waals surface area (Å²) < 4.78 is 10.8. The molecule has 0 unspecified atom stereocenters. The van der Waals surface area contributed by atoms with Crippen LogP contribution in [0.4, 0.5) is 4.79 Å². The highest BCUT2D eigenvalue weighted by molar-refractivity contribution is 5.93. The molecule has 0 aliphatic heterocycles. The van der Waals surface area contributed by atoms with Crippen molar-refractivity contribution in [2.75, 3.05) is 20.2 Å². The molecule has 3 amide bonds. The molecule has 0 bridgehead atoms. The van der Waals surface area contributed by atoms with Crippen LogP contribution in [-0.2, 0) is 0 Å². The number of rotatable bonds is 7. The maximum absolute atomic E-state index is 12.2. The van der Waals surface area contributed by atoms with Crippen LogP contribution in [0, 0.1) is 0 Å². The summed E-state index contributed by atoms with van der Waals surface area (Å²) in [6, 6.07) is 12.7. The Hall–Kier alpha value is -3.26. The van der Waals surface area contributed by atoms with Gasteiger partial charge in [0.15, 0.2) is 0 Å². The molecule has 8 nitrogen and oxygen atoms in total. The number of nitrogens with two attached hydrogens (primary N) is 1. The van der Waals surface area contributed by atoms with Gasteiger partial charge in [0, 0.05) is 12.1 Å². The Morgan fingerprint density at radius 1 is 1.12 bits per heavy atom. The Kier molecular flexibility index (Phi) is 6.19. The third-order valence-electron chi connectivity index (χ3n) is 3.23. The van der Waals surface area contributed by atoms with Crippen molar-refractivity contribution >= 4 is 11.9 Å². The summed E-state index contributed by atoms with van der Waals surface area (Å²) in [5.41, 5.74) is 5.16. The van der Waals surface area contributed by atoms with Crippen molar-refractivity contribution in [2.24, 2.45) is 5.73 Å². The Balaban J connectivity index is 2.01. The number of ether oxygens (including phenoxy) is 2. The van der Waals surface area contributed by atoms with Gasteiger partial charge >= 0.3 is 6.03 Å². The molecule has 0 radical (unpaired) electrons. The lowest BCUT2D eigenvalue weighted by atomic mass is 10.2. The van der Waals surface area contributed by atoms with Gasteiger partial charge in [-0.1, -0.05) is 6.07 Å². The fourth-order valence-corrected chi connectivity index (χ4v) is 2.01. The van der Waals surface area contributed by atoms with Crippen LogP contribution < -0.4 is 20.5 Å². The van der Waals surface area contributed by atoms with Crippen molar-refractivity contribution in [1.29, 1.82) is 0 Å². The van der Waals surface area contributed by atoms with Crippen LogP contribution in [0.1, 0.15) is 10.4 Å². The topological polar surface area (TPSA) is 114 Å². The van der Waals surface area contributed by atoms with E-state index in [1.165, 1.54) is 6.07 Å². The molecule has 0 saturated heterocycles. The van der Waals surface area contributed by atoms with E-state index in [0.29, 0.717) is 22.3 Å². The first-order valence-corrected chi connectivity index (χ1v) is 7.45. The van der Waals surface area contributed by atoms with E-state index in [-0.39, 0.29) is 18.7 Å². The van der Waals surface area contributed by atoms with Gasteiger partial charge in [0.2, 0.25) is 0 Å². The number of carbonyl (C=O) groups excluding carboxylic acids is 2. The molecule has 0 aliphatic rings. The smallest absolute Gasteiger partial charge is 0.312 e. The zero-order valence-electron chi connectivity index (χ0n) is 13.6. The Morgan fingerprint density at radius 3 is 2.44 bits per heavy atom. The molecule has 2 rings (SSSR count). The third-order valence-corrected chi connectivity index (χ3v) is 3.23. The molecular weight excluding hydrogens is 326 g/mol. The number of benzene rings is 2. The average Bonchev–Trinajstić information content (AvgIpc) is 2.61. The second-order valence-electron chi connectivity index (χ2n) is 5.02. The van der Waals surface area contributed by atoms with Crippen molar-refractivity contribution in [1.82, 2.24) is 10.4 Å². The second kappa shape index (κ2) is 8.55. The first-order valence-electron chi connectivity index (χ1n) is 7.45. The Bertz CT molecular complexity index is 733. The summed E-state index contributed by atoms with van der Waals surface area (Å²) >= 11 is 0. The normalized spacial score (nSPS) is 10.0. The number of primary amides is 1. The first-order chi connectivity index (χ1) is 12.0. The highest BCUT2D eigenvalue weighted by atomic mass is 16.5. The fraction of sp³-hybridized carbons (Fsp3) is 0.176. The molecule has 2 aromatic carbocycles. The third kappa shape index (κ3) is 5.40. The van der Waals surface area contributed by atoms with E-state index in [0.717, 1.165) is 0 Å². The average molecular weight is 345 g/mol. The molecule has 0 fully saturated rings. The van der Waals surface area contributed by atoms with Crippen LogP contribution in [0.25, 0.3) is 0 Å². The molecule has 0 heterocycles. The zero-order chi connectivity index (χ0) is 18.2. The zero-order valence-corrected chi connectivity index (χ0v) is 13.6. The summed E-state index contributed by atoms with van der Waals surface area (Å²) in [7, 11) is 1.57. The predicted octanol–water partition coefficient (Wildman–Crippen LogP) is 1.99. The van der Waals surface area contributed by atoms with Crippen LogP contribution in [0.15, 0.2) is 48.5 Å². The number of hydrogen-bond acceptors (Lipinski definition) is 5. The second-order valence-corrected chi connectivity index (χ2v) is 5.02. The predicted molar refractivity (Wildman–Crippen MR) is 89.9 cm³/mol. The number of nitrogens with one attached hydrogen (secondary N) is 1. The van der Waals surface area contributed by atoms with Gasteiger partial charge in [-0.15, -0.1) is 0 Å². The molecule has 2 aromatic rings. The lowest BCUT2D eigenvalue weighted by Crippen LogP contribution is -2.38. The van der Waals surface area contributed by atoms with Crippen molar-refractivity contribution in [2.45, 2.75) is 0 Å². The number of carbonyl (C=O) groups is 2. The summed E-state index contributed by atoms with van der Waals surface area (Å²) in [5.74, 6) is 1.11. The number of nitrogens with zero attached hydrogens (tertiary/aromatic N) is 1. The van der Waals surface area contributed by atoms with E-state index in [1.807, 2.05) is 0 Å². The standard InChI is InChI=1S/C17H19N3O5/c1-24-13-5-7-14(8-6-13)25-15-4-2-3-12(11-15)16(21)20(23)10-9-19-17(18)22/h2-8,11,23H,9-10H2,1H3,(H3,18,19,22). The summed E-state index contributed by atoms with van der Waals surface area (Å²) in [4.78, 5) is 22.7. The largest absolute Gasteiger partial charge is 0.497 e. The molecule has 8 heteroatoms. The van der Waals surface area contributed by atoms with Crippen LogP contribution in [0.2, 0.25) is 0 Å². The van der Waals surface area contributed by atoms with Gasteiger partial charge < -0.3 is 20.5 Å². The molecular formula is C17H19N3O5. The van der Waals surface area contributed by atoms with Crippen LogP contribution in [-0.4, -0.2) is 42.4 Å². The van der Waals surface area contributed by atoms with Gasteiger partial charge in [-0.2, -0.15) is 0 Å². The molecule has 0 aliphatic carbocycles. The van der Waals surface area contributed by atoms with Gasteiger partial charge in [-0.25, -0.2) is 9.86 Å². The van der Waals surface area contributed by atoms with E-state index in [9.17, 15) is 14.8 Å². The quantitative estimate of drug-likeness (QED) is 0.524. The van der Waals surface area contributed by atoms with Crippen LogP contribution in [0.3, 0.4) is 0 Å². The summed E-state index contributed by atoms with van der Waals surface area (Å²) in [5, 5.41) is 12.5. The molecule has 0 saturated carbocycles. The van der Waals surface area contributed by atoms with Crippen molar-refractivity contribution in [3.63, 3.8) is 0 Å². The van der Waals surface area contributed by atoms with E-state index in [4.69, 9.17) is 15.2 Å². The minimum Gasteiger partial charge on any atom is -0.497 e. The van der Waals surface area contributed by atoms with Crippen molar-refractivity contribution in [3.8, 4) is 17.2 Å². The van der Waals surface area contributed by atoms with Gasteiger partial charge in [0.1, 0.15) is 17.2 Å². The SMILES string of the molecule is COc1ccc(Oc2cccc(C(=O)N(O)CCNC(N)=O)c2)cc1. The summed E-state index contributed by atoms with van der Waals surface area (Å²) in [6.45, 7) is -0.0506. The highest BCUT2D eigenvalue weighted by Gasteiger charge is 2.14. The maximum Gasteiger partial charge on any atom is 0.312 e. The number of methoxy groups -OCH3 is 1. The van der Waals surface area contributed by atoms with E-state index in [2.05, 4.69) is 5.32 Å². The van der Waals surface area contributed by atoms with Gasteiger partial charge in [-0.05, 0) is 42.5 Å². The fourth-order valence-electron chi connectivity index (χ4n) is 2.01. The highest BCUT2D eigenvalue weighted by Crippen LogP contribution is 2.24. The number of hydroxylamine groups is 2. The number of hydrogen-bond donors (Lipinski definition) is 3. The first kappa shape index (κ1) is 18.1. The molecule has 4 N–H and O–H groups in total. The molecule has 25 heavy (non-hydrogen) atoms. The van der Waals surface area contributed by atoms with Crippen molar-refractivity contribution < 1.29 is 24.3 Å². The monoisotopic (exact) mass is 345 g/mol. The Labute approximate surface area is 144 Å². The van der Waals surface area contributed by atoms with Gasteiger partial charge in [0.05, 0.1) is 13.7 Å². The van der Waals surface area contributed by atoms with E-state index in [1.54, 1.807) is 49.6 Å². The lowest BCUT2D eigenvalue weighted by molar-refractivity contribution is -0.0564.